The summed E-state index contributed by atoms with van der Waals surface area (Å²) in [5.74, 6) is 0. The highest BCUT2D eigenvalue weighted by molar-refractivity contribution is 9.10. The molecular formula is C15H10BrN3. The lowest BCUT2D eigenvalue weighted by Gasteiger charge is -2.08. The Labute approximate surface area is 119 Å². The Hall–Kier alpha value is -2.12. The van der Waals surface area contributed by atoms with Crippen LogP contribution in [0.3, 0.4) is 0 Å². The van der Waals surface area contributed by atoms with E-state index in [1.807, 2.05) is 43.4 Å². The highest BCUT2D eigenvalue weighted by atomic mass is 79.9. The minimum atomic E-state index is 0.683. The summed E-state index contributed by atoms with van der Waals surface area (Å²) >= 11 is 3.49. The number of halogens is 1. The average molecular weight is 312 g/mol. The van der Waals surface area contributed by atoms with Crippen molar-refractivity contribution in [1.29, 1.82) is 5.26 Å². The van der Waals surface area contributed by atoms with E-state index in [-0.39, 0.29) is 0 Å². The van der Waals surface area contributed by atoms with Gasteiger partial charge in [-0.3, -0.25) is 4.68 Å². The highest BCUT2D eigenvalue weighted by Gasteiger charge is 2.15. The van der Waals surface area contributed by atoms with E-state index in [4.69, 9.17) is 0 Å². The molecule has 0 unspecified atom stereocenters. The van der Waals surface area contributed by atoms with Gasteiger partial charge >= 0.3 is 0 Å². The van der Waals surface area contributed by atoms with Crippen LogP contribution in [0.25, 0.3) is 22.0 Å². The summed E-state index contributed by atoms with van der Waals surface area (Å²) < 4.78 is 2.66. The van der Waals surface area contributed by atoms with Gasteiger partial charge in [-0.2, -0.15) is 10.4 Å². The van der Waals surface area contributed by atoms with Gasteiger partial charge in [0.05, 0.1) is 21.9 Å². The van der Waals surface area contributed by atoms with Crippen LogP contribution in [-0.2, 0) is 7.05 Å². The lowest BCUT2D eigenvalue weighted by Crippen LogP contribution is -1.96. The molecule has 2 aromatic carbocycles. The maximum absolute atomic E-state index is 9.50. The second-order valence-electron chi connectivity index (χ2n) is 4.29. The van der Waals surface area contributed by atoms with Crippen LogP contribution < -0.4 is 0 Å². The number of nitriles is 1. The molecule has 0 aliphatic carbocycles. The van der Waals surface area contributed by atoms with Gasteiger partial charge in [0.2, 0.25) is 0 Å². The number of hydrogen-bond acceptors (Lipinski definition) is 2. The Morgan fingerprint density at radius 1 is 1.21 bits per heavy atom. The van der Waals surface area contributed by atoms with E-state index in [0.29, 0.717) is 5.56 Å². The number of aryl methyl sites for hydroxylation is 1. The van der Waals surface area contributed by atoms with Crippen molar-refractivity contribution in [3.8, 4) is 17.3 Å². The number of benzene rings is 2. The Kier molecular flexibility index (Phi) is 2.84. The summed E-state index contributed by atoms with van der Waals surface area (Å²) in [6.45, 7) is 0. The molecule has 0 radical (unpaired) electrons. The van der Waals surface area contributed by atoms with E-state index in [2.05, 4.69) is 27.1 Å². The number of hydrogen-bond donors (Lipinski definition) is 0. The number of rotatable bonds is 1. The molecule has 3 rings (SSSR count). The molecule has 0 saturated carbocycles. The molecule has 0 amide bonds. The lowest BCUT2D eigenvalue weighted by atomic mass is 9.98. The standard InChI is InChI=1S/C15H10BrN3/c1-19-15(14(16)9-18-19)12-7-6-10-4-2-3-5-11(10)13(12)8-17/h2-7,9H,1H3. The quantitative estimate of drug-likeness (QED) is 0.684. The Morgan fingerprint density at radius 2 is 2.00 bits per heavy atom. The summed E-state index contributed by atoms with van der Waals surface area (Å²) in [6, 6.07) is 14.2. The molecule has 0 aliphatic heterocycles. The zero-order valence-corrected chi connectivity index (χ0v) is 11.8. The van der Waals surface area contributed by atoms with Crippen LogP contribution in [0.4, 0.5) is 0 Å². The monoisotopic (exact) mass is 311 g/mol. The summed E-state index contributed by atoms with van der Waals surface area (Å²) in [5.41, 5.74) is 2.50. The molecule has 1 aromatic heterocycles. The number of fused-ring (bicyclic) bond motifs is 1. The van der Waals surface area contributed by atoms with E-state index in [1.165, 1.54) is 0 Å². The first-order chi connectivity index (χ1) is 9.22. The summed E-state index contributed by atoms with van der Waals surface area (Å²) in [4.78, 5) is 0. The lowest BCUT2D eigenvalue weighted by molar-refractivity contribution is 0.775. The van der Waals surface area contributed by atoms with Crippen LogP contribution in [0.15, 0.2) is 47.1 Å². The van der Waals surface area contributed by atoms with Gasteiger partial charge < -0.3 is 0 Å². The van der Waals surface area contributed by atoms with Crippen molar-refractivity contribution in [2.45, 2.75) is 0 Å². The van der Waals surface area contributed by atoms with E-state index < -0.39 is 0 Å². The molecular weight excluding hydrogens is 302 g/mol. The predicted octanol–water partition coefficient (Wildman–Crippen LogP) is 3.87. The first-order valence-corrected chi connectivity index (χ1v) is 6.61. The Balaban J connectivity index is 2.40. The summed E-state index contributed by atoms with van der Waals surface area (Å²) in [5, 5.41) is 15.7. The van der Waals surface area contributed by atoms with Gasteiger partial charge in [-0.15, -0.1) is 0 Å². The van der Waals surface area contributed by atoms with Gasteiger partial charge in [-0.05, 0) is 21.3 Å². The molecule has 92 valence electrons. The molecule has 3 aromatic rings. The van der Waals surface area contributed by atoms with Gasteiger partial charge in [0.25, 0.3) is 0 Å². The molecule has 0 bridgehead atoms. The van der Waals surface area contributed by atoms with Crippen LogP contribution in [0, 0.1) is 11.3 Å². The van der Waals surface area contributed by atoms with Crippen LogP contribution in [-0.4, -0.2) is 9.78 Å². The number of nitrogens with zero attached hydrogens (tertiary/aromatic N) is 3. The molecule has 0 fully saturated rings. The predicted molar refractivity (Wildman–Crippen MR) is 78.6 cm³/mol. The molecule has 0 N–H and O–H groups in total. The van der Waals surface area contributed by atoms with Crippen molar-refractivity contribution < 1.29 is 0 Å². The first kappa shape index (κ1) is 11.9. The Morgan fingerprint density at radius 3 is 2.68 bits per heavy atom. The third kappa shape index (κ3) is 1.83. The fraction of sp³-hybridized carbons (Fsp3) is 0.0667. The van der Waals surface area contributed by atoms with E-state index in [1.54, 1.807) is 10.9 Å². The minimum absolute atomic E-state index is 0.683. The maximum atomic E-state index is 9.50. The molecule has 0 saturated heterocycles. The SMILES string of the molecule is Cn1ncc(Br)c1-c1ccc2ccccc2c1C#N. The van der Waals surface area contributed by atoms with Crippen molar-refractivity contribution in [3.05, 3.63) is 52.6 Å². The van der Waals surface area contributed by atoms with Crippen molar-refractivity contribution in [2.75, 3.05) is 0 Å². The van der Waals surface area contributed by atoms with Crippen molar-refractivity contribution >= 4 is 26.7 Å². The van der Waals surface area contributed by atoms with E-state index >= 15 is 0 Å². The van der Waals surface area contributed by atoms with Crippen LogP contribution >= 0.6 is 15.9 Å². The highest BCUT2D eigenvalue weighted by Crippen LogP contribution is 2.33. The molecule has 0 spiro atoms. The zero-order valence-electron chi connectivity index (χ0n) is 10.3. The topological polar surface area (TPSA) is 41.6 Å². The van der Waals surface area contributed by atoms with Gasteiger partial charge in [-0.1, -0.05) is 36.4 Å². The molecule has 4 heteroatoms. The van der Waals surface area contributed by atoms with Crippen LogP contribution in [0.5, 0.6) is 0 Å². The first-order valence-electron chi connectivity index (χ1n) is 5.82. The third-order valence-corrected chi connectivity index (χ3v) is 3.77. The van der Waals surface area contributed by atoms with Crippen molar-refractivity contribution in [3.63, 3.8) is 0 Å². The third-order valence-electron chi connectivity index (χ3n) is 3.19. The van der Waals surface area contributed by atoms with Crippen molar-refractivity contribution in [1.82, 2.24) is 9.78 Å². The van der Waals surface area contributed by atoms with Crippen LogP contribution in [0.1, 0.15) is 5.56 Å². The smallest absolute Gasteiger partial charge is 0.100 e. The Bertz CT molecular complexity index is 792. The zero-order chi connectivity index (χ0) is 13.4. The fourth-order valence-corrected chi connectivity index (χ4v) is 2.86. The second-order valence-corrected chi connectivity index (χ2v) is 5.14. The van der Waals surface area contributed by atoms with Gasteiger partial charge in [0.1, 0.15) is 6.07 Å². The van der Waals surface area contributed by atoms with E-state index in [0.717, 1.165) is 26.5 Å². The average Bonchev–Trinajstić information content (AvgIpc) is 2.77. The fourth-order valence-electron chi connectivity index (χ4n) is 2.30. The number of aromatic nitrogens is 2. The maximum Gasteiger partial charge on any atom is 0.100 e. The van der Waals surface area contributed by atoms with Crippen molar-refractivity contribution in [2.24, 2.45) is 7.05 Å². The van der Waals surface area contributed by atoms with E-state index in [9.17, 15) is 5.26 Å². The molecule has 1 heterocycles. The van der Waals surface area contributed by atoms with Gasteiger partial charge in [0, 0.05) is 18.0 Å². The normalized spacial score (nSPS) is 10.6. The molecule has 19 heavy (non-hydrogen) atoms. The van der Waals surface area contributed by atoms with Crippen LogP contribution in [0.2, 0.25) is 0 Å². The summed E-state index contributed by atoms with van der Waals surface area (Å²) in [7, 11) is 1.87. The molecule has 0 aliphatic rings. The van der Waals surface area contributed by atoms with Gasteiger partial charge in [0.15, 0.2) is 0 Å². The molecule has 3 nitrogen and oxygen atoms in total. The largest absolute Gasteiger partial charge is 0.267 e. The minimum Gasteiger partial charge on any atom is -0.267 e. The molecule has 0 atom stereocenters. The van der Waals surface area contributed by atoms with Gasteiger partial charge in [-0.25, -0.2) is 0 Å². The summed E-state index contributed by atoms with van der Waals surface area (Å²) in [6.07, 6.45) is 1.74. The second kappa shape index (κ2) is 4.52.